The molecule has 2 fully saturated rings. The van der Waals surface area contributed by atoms with Gasteiger partial charge in [0.05, 0.1) is 25.9 Å². The van der Waals surface area contributed by atoms with Crippen LogP contribution in [0.5, 0.6) is 0 Å². The molecule has 42 heavy (non-hydrogen) atoms. The van der Waals surface area contributed by atoms with Crippen LogP contribution in [-0.4, -0.2) is 136 Å². The fourth-order valence-electron chi connectivity index (χ4n) is 4.96. The van der Waals surface area contributed by atoms with Gasteiger partial charge in [-0.15, -0.1) is 0 Å². The number of nitrogens with two attached hydrogens (primary N) is 1. The lowest BCUT2D eigenvalue weighted by molar-refractivity contribution is -0.119. The summed E-state index contributed by atoms with van der Waals surface area (Å²) in [4.78, 5) is 43.5. The second-order valence-electron chi connectivity index (χ2n) is 9.58. The lowest BCUT2D eigenvalue weighted by atomic mass is 10.1. The molecule has 10 atom stereocenters. The lowest BCUT2D eigenvalue weighted by Crippen LogP contribution is -2.53. The Kier molecular flexibility index (Phi) is 7.25. The number of nitrogens with zero attached hydrogens (tertiary/aromatic N) is 7. The first-order chi connectivity index (χ1) is 20.0. The molecule has 0 spiro atoms. The number of hydrogen-bond acceptors (Lipinski definition) is 17. The van der Waals surface area contributed by atoms with E-state index in [4.69, 9.17) is 29.7 Å². The number of amides is 1. The Bertz CT molecular complexity index is 1520. The molecule has 0 radical (unpaired) electrons. The smallest absolute Gasteiger partial charge is 0.394 e. The fraction of sp³-hybridized carbons (Fsp3) is 0.550. The Morgan fingerprint density at radius 3 is 2.64 bits per heavy atom. The molecule has 21 nitrogen and oxygen atoms in total. The number of amidine groups is 1. The number of phosphoric acid groups is 1. The number of carbonyl (C=O) groups excluding carboxylic acids is 1. The van der Waals surface area contributed by atoms with Crippen molar-refractivity contribution in [3.8, 4) is 0 Å². The standard InChI is InChI=1S/C20H25N10O11P/c21-14-8-15(24-3-23-14)29(4-25-8)18-11(33)10(32)7(40-18)2-38-42(36,37)41-13-6(1-31)39-19(12(13)34)30-5-26-9-16(30)27-20(22)28-17(9)35/h3-7,9-13,18-19,31-34H,1-2H2,(H,36,37)(H2,21,23,24)(H2,22,28,35)/t6-,7-,9?,10-,11-,12-,13-,18-,19-/m1/s1. The number of carbonyl (C=O) groups is 1. The van der Waals surface area contributed by atoms with Gasteiger partial charge in [0.25, 0.3) is 5.91 Å². The van der Waals surface area contributed by atoms with Crippen LogP contribution in [0.25, 0.3) is 11.2 Å². The van der Waals surface area contributed by atoms with Crippen LogP contribution < -0.4 is 11.1 Å². The summed E-state index contributed by atoms with van der Waals surface area (Å²) in [5, 5.41) is 51.6. The number of imidazole rings is 1. The van der Waals surface area contributed by atoms with Crippen molar-refractivity contribution in [2.45, 2.75) is 55.1 Å². The average molecular weight is 612 g/mol. The van der Waals surface area contributed by atoms with Crippen LogP contribution >= 0.6 is 7.82 Å². The monoisotopic (exact) mass is 612 g/mol. The number of fused-ring (bicyclic) bond motifs is 2. The number of anilines is 1. The van der Waals surface area contributed by atoms with Crippen molar-refractivity contribution in [2.24, 2.45) is 9.98 Å². The molecule has 6 heterocycles. The largest absolute Gasteiger partial charge is 0.472 e. The van der Waals surface area contributed by atoms with Crippen molar-refractivity contribution in [1.29, 1.82) is 5.41 Å². The normalized spacial score (nSPS) is 35.9. The second kappa shape index (κ2) is 10.6. The highest BCUT2D eigenvalue weighted by atomic mass is 31.2. The number of aliphatic imine (C=N–C) groups is 2. The van der Waals surface area contributed by atoms with Gasteiger partial charge in [0.15, 0.2) is 35.8 Å². The van der Waals surface area contributed by atoms with Gasteiger partial charge in [-0.2, -0.15) is 4.99 Å². The van der Waals surface area contributed by atoms with Crippen LogP contribution in [0.1, 0.15) is 6.23 Å². The van der Waals surface area contributed by atoms with Crippen LogP contribution in [0.3, 0.4) is 0 Å². The summed E-state index contributed by atoms with van der Waals surface area (Å²) in [5.41, 5.74) is 6.22. The molecule has 1 amide bonds. The highest BCUT2D eigenvalue weighted by Crippen LogP contribution is 2.48. The van der Waals surface area contributed by atoms with Gasteiger partial charge >= 0.3 is 7.82 Å². The minimum atomic E-state index is -5.02. The fourth-order valence-corrected chi connectivity index (χ4v) is 5.93. The molecule has 22 heteroatoms. The quantitative estimate of drug-likeness (QED) is 0.131. The number of nitrogens with one attached hydrogen (secondary N) is 2. The van der Waals surface area contributed by atoms with Crippen LogP contribution in [0, 0.1) is 5.41 Å². The first-order valence-electron chi connectivity index (χ1n) is 12.3. The molecule has 0 aromatic carbocycles. The zero-order valence-electron chi connectivity index (χ0n) is 21.2. The Hall–Kier alpha value is -3.50. The van der Waals surface area contributed by atoms with Gasteiger partial charge < -0.3 is 40.5 Å². The van der Waals surface area contributed by atoms with Gasteiger partial charge in [-0.05, 0) is 0 Å². The third kappa shape index (κ3) is 4.84. The highest BCUT2D eigenvalue weighted by Gasteiger charge is 2.53. The summed E-state index contributed by atoms with van der Waals surface area (Å²) in [6, 6.07) is -1.10. The van der Waals surface area contributed by atoms with Crippen molar-refractivity contribution in [2.75, 3.05) is 18.9 Å². The predicted octanol–water partition coefficient (Wildman–Crippen LogP) is -4.22. The van der Waals surface area contributed by atoms with E-state index in [1.54, 1.807) is 0 Å². The highest BCUT2D eigenvalue weighted by molar-refractivity contribution is 7.47. The maximum Gasteiger partial charge on any atom is 0.472 e. The summed E-state index contributed by atoms with van der Waals surface area (Å²) >= 11 is 0. The summed E-state index contributed by atoms with van der Waals surface area (Å²) < 4.78 is 35.6. The van der Waals surface area contributed by atoms with Gasteiger partial charge in [0.1, 0.15) is 48.5 Å². The molecule has 226 valence electrons. The van der Waals surface area contributed by atoms with Crippen molar-refractivity contribution >= 4 is 48.8 Å². The number of guanidine groups is 1. The first-order valence-corrected chi connectivity index (χ1v) is 13.8. The molecule has 0 aliphatic carbocycles. The van der Waals surface area contributed by atoms with Crippen LogP contribution in [0.2, 0.25) is 0 Å². The number of rotatable bonds is 8. The number of ether oxygens (including phenoxy) is 2. The van der Waals surface area contributed by atoms with E-state index >= 15 is 0 Å². The molecule has 2 saturated heterocycles. The molecular formula is C20H25N10O11P. The Morgan fingerprint density at radius 1 is 1.12 bits per heavy atom. The molecule has 2 unspecified atom stereocenters. The average Bonchev–Trinajstić information content (AvgIpc) is 3.69. The van der Waals surface area contributed by atoms with Crippen molar-refractivity contribution in [3.05, 3.63) is 12.7 Å². The number of phosphoric ester groups is 1. The van der Waals surface area contributed by atoms with E-state index in [0.717, 1.165) is 11.2 Å². The summed E-state index contributed by atoms with van der Waals surface area (Å²) in [7, 11) is -5.02. The van der Waals surface area contributed by atoms with E-state index in [2.05, 4.69) is 30.3 Å². The number of nitrogen functional groups attached to an aromatic ring is 1. The summed E-state index contributed by atoms with van der Waals surface area (Å²) in [6.07, 6.45) is -8.03. The SMILES string of the molecule is N=C1N=C2C(N=CN2[C@@H]2O[C@H](CO)[C@@H](OP(=O)(O)OC[C@H]3O[C@@H](n4cnc5c(N)ncnc54)[C@H](O)[C@@H]3O)[C@H]2O)C(=O)N1. The van der Waals surface area contributed by atoms with E-state index in [1.807, 2.05) is 0 Å². The zero-order valence-corrected chi connectivity index (χ0v) is 22.1. The maximum absolute atomic E-state index is 12.9. The van der Waals surface area contributed by atoms with E-state index in [-0.39, 0.29) is 22.8 Å². The van der Waals surface area contributed by atoms with Crippen LogP contribution in [0.15, 0.2) is 22.6 Å². The molecule has 4 aliphatic rings. The topological polar surface area (TPSA) is 306 Å². The number of hydrogen-bond donors (Lipinski definition) is 8. The third-order valence-corrected chi connectivity index (χ3v) is 7.97. The molecule has 0 bridgehead atoms. The first kappa shape index (κ1) is 28.6. The van der Waals surface area contributed by atoms with E-state index in [1.165, 1.54) is 17.2 Å². The van der Waals surface area contributed by atoms with Gasteiger partial charge in [-0.1, -0.05) is 0 Å². The van der Waals surface area contributed by atoms with Crippen molar-refractivity contribution < 1.29 is 53.2 Å². The lowest BCUT2D eigenvalue weighted by Gasteiger charge is -2.28. The third-order valence-electron chi connectivity index (χ3n) is 6.98. The molecule has 2 aromatic heterocycles. The van der Waals surface area contributed by atoms with E-state index in [0.29, 0.717) is 0 Å². The number of aromatic nitrogens is 4. The van der Waals surface area contributed by atoms with Gasteiger partial charge in [0.2, 0.25) is 5.96 Å². The van der Waals surface area contributed by atoms with Crippen molar-refractivity contribution in [3.63, 3.8) is 0 Å². The van der Waals surface area contributed by atoms with E-state index < -0.39 is 88.0 Å². The minimum Gasteiger partial charge on any atom is -0.394 e. The Balaban J connectivity index is 1.11. The van der Waals surface area contributed by atoms with Gasteiger partial charge in [0, 0.05) is 0 Å². The number of aliphatic hydroxyl groups is 4. The van der Waals surface area contributed by atoms with Crippen LogP contribution in [-0.2, 0) is 27.9 Å². The molecule has 2 aromatic rings. The Labute approximate surface area is 234 Å². The summed E-state index contributed by atoms with van der Waals surface area (Å²) in [5.74, 6) is -1.04. The Morgan fingerprint density at radius 2 is 1.88 bits per heavy atom. The predicted molar refractivity (Wildman–Crippen MR) is 135 cm³/mol. The minimum absolute atomic E-state index is 0.0335. The molecule has 9 N–H and O–H groups in total. The molecule has 0 saturated carbocycles. The van der Waals surface area contributed by atoms with Gasteiger partial charge in [-0.3, -0.25) is 39.0 Å². The zero-order chi connectivity index (χ0) is 29.9. The van der Waals surface area contributed by atoms with E-state index in [9.17, 15) is 34.7 Å². The summed E-state index contributed by atoms with van der Waals surface area (Å²) in [6.45, 7) is -1.49. The van der Waals surface area contributed by atoms with Gasteiger partial charge in [-0.25, -0.2) is 19.5 Å². The van der Waals surface area contributed by atoms with Crippen molar-refractivity contribution in [1.82, 2.24) is 29.7 Å². The van der Waals surface area contributed by atoms with Crippen LogP contribution in [0.4, 0.5) is 5.82 Å². The molecular weight excluding hydrogens is 587 g/mol. The molecule has 6 rings (SSSR count). The molecule has 4 aliphatic heterocycles. The number of aliphatic hydroxyl groups excluding tert-OH is 4. The maximum atomic E-state index is 12.9. The second-order valence-corrected chi connectivity index (χ2v) is 11.0.